The number of nitrogens with zero attached hydrogens (tertiary/aromatic N) is 5. The van der Waals surface area contributed by atoms with E-state index in [1.807, 2.05) is 34.9 Å². The Morgan fingerprint density at radius 3 is 2.14 bits per heavy atom. The lowest BCUT2D eigenvalue weighted by Crippen LogP contribution is -2.56. The van der Waals surface area contributed by atoms with Crippen molar-refractivity contribution in [2.45, 2.75) is 6.92 Å². The Bertz CT molecular complexity index is 519. The predicted molar refractivity (Wildman–Crippen MR) is 87.2 cm³/mol. The number of hydrogen-bond donors (Lipinski definition) is 0. The second-order valence-corrected chi connectivity index (χ2v) is 6.18. The molecule has 22 heavy (non-hydrogen) atoms. The van der Waals surface area contributed by atoms with Gasteiger partial charge in [0.05, 0.1) is 0 Å². The monoisotopic (exact) mass is 303 g/mol. The first kappa shape index (κ1) is 15.1. The topological polar surface area (TPSA) is 42.9 Å². The standard InChI is InChI=1S/C16H25N5O/c1-14-4-3-5-15(17-14)19-10-12-21(13-11-19)16(22)20-8-6-18(2)7-9-20/h3-5H,6-13H2,1-2H3. The zero-order valence-electron chi connectivity index (χ0n) is 13.5. The van der Waals surface area contributed by atoms with Gasteiger partial charge in [0.1, 0.15) is 5.82 Å². The normalized spacial score (nSPS) is 20.4. The van der Waals surface area contributed by atoms with Crippen molar-refractivity contribution in [3.8, 4) is 0 Å². The Balaban J connectivity index is 1.54. The van der Waals surface area contributed by atoms with Crippen molar-refractivity contribution < 1.29 is 4.79 Å². The first-order chi connectivity index (χ1) is 10.6. The van der Waals surface area contributed by atoms with Crippen LogP contribution in [0.25, 0.3) is 0 Å². The molecule has 120 valence electrons. The summed E-state index contributed by atoms with van der Waals surface area (Å²) >= 11 is 0. The molecule has 2 aliphatic heterocycles. The maximum atomic E-state index is 12.6. The molecule has 3 rings (SSSR count). The second-order valence-electron chi connectivity index (χ2n) is 6.18. The van der Waals surface area contributed by atoms with Gasteiger partial charge in [-0.3, -0.25) is 0 Å². The summed E-state index contributed by atoms with van der Waals surface area (Å²) < 4.78 is 0. The van der Waals surface area contributed by atoms with E-state index < -0.39 is 0 Å². The van der Waals surface area contributed by atoms with E-state index in [1.54, 1.807) is 0 Å². The highest BCUT2D eigenvalue weighted by Crippen LogP contribution is 2.15. The molecule has 0 aromatic carbocycles. The molecule has 2 amide bonds. The molecule has 0 atom stereocenters. The molecule has 0 spiro atoms. The smallest absolute Gasteiger partial charge is 0.320 e. The molecule has 0 radical (unpaired) electrons. The average molecular weight is 303 g/mol. The largest absolute Gasteiger partial charge is 0.353 e. The number of hydrogen-bond acceptors (Lipinski definition) is 4. The van der Waals surface area contributed by atoms with Gasteiger partial charge in [0.25, 0.3) is 0 Å². The molecule has 0 saturated carbocycles. The SMILES string of the molecule is Cc1cccc(N2CCN(C(=O)N3CCN(C)CC3)CC2)n1. The first-order valence-corrected chi connectivity index (χ1v) is 8.04. The molecule has 6 nitrogen and oxygen atoms in total. The number of urea groups is 1. The molecule has 2 saturated heterocycles. The van der Waals surface area contributed by atoms with E-state index in [9.17, 15) is 4.79 Å². The summed E-state index contributed by atoms with van der Waals surface area (Å²) in [5.74, 6) is 1.02. The minimum Gasteiger partial charge on any atom is -0.353 e. The minimum absolute atomic E-state index is 0.199. The van der Waals surface area contributed by atoms with Gasteiger partial charge in [0.15, 0.2) is 0 Å². The van der Waals surface area contributed by atoms with Gasteiger partial charge in [0.2, 0.25) is 0 Å². The van der Waals surface area contributed by atoms with E-state index >= 15 is 0 Å². The summed E-state index contributed by atoms with van der Waals surface area (Å²) in [7, 11) is 2.11. The highest BCUT2D eigenvalue weighted by atomic mass is 16.2. The molecule has 2 aliphatic rings. The summed E-state index contributed by atoms with van der Waals surface area (Å²) in [4.78, 5) is 25.6. The molecular formula is C16H25N5O. The molecule has 0 N–H and O–H groups in total. The average Bonchev–Trinajstić information content (AvgIpc) is 2.55. The molecule has 0 aliphatic carbocycles. The first-order valence-electron chi connectivity index (χ1n) is 8.04. The lowest BCUT2D eigenvalue weighted by atomic mass is 10.3. The van der Waals surface area contributed by atoms with Crippen molar-refractivity contribution in [1.29, 1.82) is 0 Å². The molecule has 0 unspecified atom stereocenters. The van der Waals surface area contributed by atoms with Crippen LogP contribution < -0.4 is 4.90 Å². The third kappa shape index (κ3) is 3.32. The number of anilines is 1. The van der Waals surface area contributed by atoms with Crippen LogP contribution in [0.15, 0.2) is 18.2 Å². The van der Waals surface area contributed by atoms with Gasteiger partial charge in [-0.2, -0.15) is 0 Å². The van der Waals surface area contributed by atoms with Crippen molar-refractivity contribution in [3.05, 3.63) is 23.9 Å². The highest BCUT2D eigenvalue weighted by Gasteiger charge is 2.27. The molecule has 3 heterocycles. The maximum absolute atomic E-state index is 12.6. The number of pyridine rings is 1. The summed E-state index contributed by atoms with van der Waals surface area (Å²) in [5.41, 5.74) is 1.04. The van der Waals surface area contributed by atoms with Crippen LogP contribution in [-0.4, -0.2) is 85.1 Å². The third-order valence-electron chi connectivity index (χ3n) is 4.52. The van der Waals surface area contributed by atoms with Crippen LogP contribution in [0, 0.1) is 6.92 Å². The van der Waals surface area contributed by atoms with E-state index in [-0.39, 0.29) is 6.03 Å². The van der Waals surface area contributed by atoms with Crippen LogP contribution in [0.5, 0.6) is 0 Å². The molecule has 1 aromatic heterocycles. The Hall–Kier alpha value is -1.82. The van der Waals surface area contributed by atoms with E-state index in [0.717, 1.165) is 63.9 Å². The number of likely N-dealkylation sites (N-methyl/N-ethyl adjacent to an activating group) is 1. The lowest BCUT2D eigenvalue weighted by molar-refractivity contribution is 0.120. The summed E-state index contributed by atoms with van der Waals surface area (Å²) in [6, 6.07) is 6.30. The fourth-order valence-corrected chi connectivity index (χ4v) is 3.03. The van der Waals surface area contributed by atoms with Gasteiger partial charge < -0.3 is 19.6 Å². The molecule has 0 bridgehead atoms. The summed E-state index contributed by atoms with van der Waals surface area (Å²) in [6.45, 7) is 8.91. The quantitative estimate of drug-likeness (QED) is 0.772. The van der Waals surface area contributed by atoms with Crippen molar-refractivity contribution in [2.75, 3.05) is 64.3 Å². The van der Waals surface area contributed by atoms with Gasteiger partial charge in [-0.1, -0.05) is 6.07 Å². The van der Waals surface area contributed by atoms with E-state index in [4.69, 9.17) is 0 Å². The zero-order chi connectivity index (χ0) is 15.5. The van der Waals surface area contributed by atoms with Crippen molar-refractivity contribution in [3.63, 3.8) is 0 Å². The Morgan fingerprint density at radius 2 is 1.55 bits per heavy atom. The van der Waals surface area contributed by atoms with E-state index in [1.165, 1.54) is 0 Å². The Kier molecular flexibility index (Phi) is 4.47. The second kappa shape index (κ2) is 6.52. The Labute approximate surface area is 132 Å². The van der Waals surface area contributed by atoms with E-state index in [2.05, 4.69) is 21.8 Å². The van der Waals surface area contributed by atoms with Gasteiger partial charge in [-0.05, 0) is 26.1 Å². The van der Waals surface area contributed by atoms with Gasteiger partial charge in [-0.25, -0.2) is 9.78 Å². The summed E-state index contributed by atoms with van der Waals surface area (Å²) in [5, 5.41) is 0. The van der Waals surface area contributed by atoms with Gasteiger partial charge in [0, 0.05) is 58.1 Å². The fraction of sp³-hybridized carbons (Fsp3) is 0.625. The number of piperazine rings is 2. The van der Waals surface area contributed by atoms with Crippen LogP contribution in [0.2, 0.25) is 0 Å². The fourth-order valence-electron chi connectivity index (χ4n) is 3.03. The minimum atomic E-state index is 0.199. The number of aryl methyl sites for hydroxylation is 1. The molecule has 6 heteroatoms. The predicted octanol–water partition coefficient (Wildman–Crippen LogP) is 0.879. The van der Waals surface area contributed by atoms with Crippen LogP contribution in [0.3, 0.4) is 0 Å². The van der Waals surface area contributed by atoms with Crippen LogP contribution >= 0.6 is 0 Å². The van der Waals surface area contributed by atoms with Crippen molar-refractivity contribution in [2.24, 2.45) is 0 Å². The Morgan fingerprint density at radius 1 is 0.955 bits per heavy atom. The number of rotatable bonds is 1. The lowest BCUT2D eigenvalue weighted by Gasteiger charge is -2.40. The van der Waals surface area contributed by atoms with Crippen molar-refractivity contribution >= 4 is 11.8 Å². The van der Waals surface area contributed by atoms with Gasteiger partial charge in [-0.15, -0.1) is 0 Å². The number of aromatic nitrogens is 1. The number of carbonyl (C=O) groups excluding carboxylic acids is 1. The van der Waals surface area contributed by atoms with Crippen molar-refractivity contribution in [1.82, 2.24) is 19.7 Å². The summed E-state index contributed by atoms with van der Waals surface area (Å²) in [6.07, 6.45) is 0. The maximum Gasteiger partial charge on any atom is 0.320 e. The van der Waals surface area contributed by atoms with E-state index in [0.29, 0.717) is 0 Å². The molecule has 1 aromatic rings. The van der Waals surface area contributed by atoms with Crippen LogP contribution in [0.4, 0.5) is 10.6 Å². The van der Waals surface area contributed by atoms with Crippen LogP contribution in [0.1, 0.15) is 5.69 Å². The molecular weight excluding hydrogens is 278 g/mol. The number of carbonyl (C=O) groups is 1. The highest BCUT2D eigenvalue weighted by molar-refractivity contribution is 5.75. The third-order valence-corrected chi connectivity index (χ3v) is 4.52. The van der Waals surface area contributed by atoms with Crippen LogP contribution in [-0.2, 0) is 0 Å². The van der Waals surface area contributed by atoms with Gasteiger partial charge >= 0.3 is 6.03 Å². The zero-order valence-corrected chi connectivity index (χ0v) is 13.5. The molecule has 2 fully saturated rings. The number of amides is 2.